The highest BCUT2D eigenvalue weighted by Gasteiger charge is 2.11. The fourth-order valence-corrected chi connectivity index (χ4v) is 2.34. The maximum absolute atomic E-state index is 6.06. The van der Waals surface area contributed by atoms with Crippen LogP contribution in [0.1, 0.15) is 5.56 Å². The van der Waals surface area contributed by atoms with Gasteiger partial charge in [0.2, 0.25) is 0 Å². The molecule has 0 aliphatic carbocycles. The third-order valence-corrected chi connectivity index (χ3v) is 3.35. The SMILES string of the molecule is COc1ccc(Cl)cc1-c1cn2cccc(C)c2n1. The Hall–Kier alpha value is -2.00. The summed E-state index contributed by atoms with van der Waals surface area (Å²) in [5.41, 5.74) is 3.83. The molecular weight excluding hydrogens is 260 g/mol. The number of pyridine rings is 1. The fraction of sp³-hybridized carbons (Fsp3) is 0.133. The van der Waals surface area contributed by atoms with Crippen molar-refractivity contribution in [2.24, 2.45) is 0 Å². The summed E-state index contributed by atoms with van der Waals surface area (Å²) in [6.45, 7) is 2.04. The molecule has 96 valence electrons. The van der Waals surface area contributed by atoms with E-state index in [9.17, 15) is 0 Å². The summed E-state index contributed by atoms with van der Waals surface area (Å²) in [5, 5.41) is 0.671. The number of halogens is 1. The summed E-state index contributed by atoms with van der Waals surface area (Å²) in [6, 6.07) is 9.58. The van der Waals surface area contributed by atoms with Crippen LogP contribution in [0, 0.1) is 6.92 Å². The predicted molar refractivity (Wildman–Crippen MR) is 76.9 cm³/mol. The summed E-state index contributed by atoms with van der Waals surface area (Å²) in [4.78, 5) is 4.66. The summed E-state index contributed by atoms with van der Waals surface area (Å²) < 4.78 is 7.38. The van der Waals surface area contributed by atoms with E-state index in [1.54, 1.807) is 7.11 Å². The predicted octanol–water partition coefficient (Wildman–Crippen LogP) is 3.97. The number of benzene rings is 1. The van der Waals surface area contributed by atoms with E-state index < -0.39 is 0 Å². The van der Waals surface area contributed by atoms with Crippen LogP contribution in [-0.4, -0.2) is 16.5 Å². The fourth-order valence-electron chi connectivity index (χ4n) is 2.16. The van der Waals surface area contributed by atoms with Gasteiger partial charge in [0, 0.05) is 23.0 Å². The van der Waals surface area contributed by atoms with Crippen LogP contribution < -0.4 is 4.74 Å². The van der Waals surface area contributed by atoms with Crippen LogP contribution in [0.3, 0.4) is 0 Å². The second-order valence-corrected chi connectivity index (χ2v) is 4.83. The highest BCUT2D eigenvalue weighted by molar-refractivity contribution is 6.30. The highest BCUT2D eigenvalue weighted by atomic mass is 35.5. The molecular formula is C15H13ClN2O. The number of aryl methyl sites for hydroxylation is 1. The van der Waals surface area contributed by atoms with E-state index >= 15 is 0 Å². The minimum Gasteiger partial charge on any atom is -0.496 e. The molecule has 3 nitrogen and oxygen atoms in total. The van der Waals surface area contributed by atoms with Crippen molar-refractivity contribution in [3.63, 3.8) is 0 Å². The average Bonchev–Trinajstić information content (AvgIpc) is 2.84. The first-order chi connectivity index (χ1) is 9.19. The van der Waals surface area contributed by atoms with Gasteiger partial charge >= 0.3 is 0 Å². The lowest BCUT2D eigenvalue weighted by Crippen LogP contribution is -1.87. The van der Waals surface area contributed by atoms with Gasteiger partial charge in [0.25, 0.3) is 0 Å². The second kappa shape index (κ2) is 4.59. The first kappa shape index (κ1) is 12.1. The van der Waals surface area contributed by atoms with Crippen molar-refractivity contribution in [2.75, 3.05) is 7.11 Å². The zero-order valence-electron chi connectivity index (χ0n) is 10.7. The number of ether oxygens (including phenoxy) is 1. The van der Waals surface area contributed by atoms with Gasteiger partial charge < -0.3 is 9.14 Å². The van der Waals surface area contributed by atoms with Crippen molar-refractivity contribution < 1.29 is 4.74 Å². The zero-order chi connectivity index (χ0) is 13.4. The number of hydrogen-bond acceptors (Lipinski definition) is 2. The van der Waals surface area contributed by atoms with Crippen LogP contribution in [0.25, 0.3) is 16.9 Å². The lowest BCUT2D eigenvalue weighted by molar-refractivity contribution is 0.416. The molecule has 2 heterocycles. The van der Waals surface area contributed by atoms with Crippen LogP contribution in [0.5, 0.6) is 5.75 Å². The Balaban J connectivity index is 2.24. The van der Waals surface area contributed by atoms with Crippen LogP contribution >= 0.6 is 11.6 Å². The number of imidazole rings is 1. The molecule has 3 aromatic rings. The lowest BCUT2D eigenvalue weighted by Gasteiger charge is -2.05. The minimum absolute atomic E-state index is 0.671. The van der Waals surface area contributed by atoms with E-state index in [0.717, 1.165) is 28.2 Å². The number of hydrogen-bond donors (Lipinski definition) is 0. The van der Waals surface area contributed by atoms with E-state index in [-0.39, 0.29) is 0 Å². The quantitative estimate of drug-likeness (QED) is 0.706. The number of fused-ring (bicyclic) bond motifs is 1. The molecule has 0 bridgehead atoms. The van der Waals surface area contributed by atoms with Gasteiger partial charge in [-0.05, 0) is 36.8 Å². The van der Waals surface area contributed by atoms with Crippen molar-refractivity contribution in [3.05, 3.63) is 53.3 Å². The monoisotopic (exact) mass is 272 g/mol. The molecule has 1 aromatic carbocycles. The molecule has 0 N–H and O–H groups in total. The van der Waals surface area contributed by atoms with Gasteiger partial charge in [-0.3, -0.25) is 0 Å². The molecule has 0 spiro atoms. The van der Waals surface area contributed by atoms with E-state index in [1.165, 1.54) is 0 Å². The molecule has 0 saturated heterocycles. The van der Waals surface area contributed by atoms with Gasteiger partial charge in [-0.15, -0.1) is 0 Å². The third-order valence-electron chi connectivity index (χ3n) is 3.12. The Kier molecular flexibility index (Phi) is 2.91. The Bertz CT molecular complexity index is 749. The molecule has 19 heavy (non-hydrogen) atoms. The standard InChI is InChI=1S/C15H13ClN2O/c1-10-4-3-7-18-9-13(17-15(10)18)12-8-11(16)5-6-14(12)19-2/h3-9H,1-2H3. The average molecular weight is 273 g/mol. The Morgan fingerprint density at radius 1 is 1.26 bits per heavy atom. The highest BCUT2D eigenvalue weighted by Crippen LogP contribution is 2.32. The van der Waals surface area contributed by atoms with Crippen molar-refractivity contribution in [2.45, 2.75) is 6.92 Å². The molecule has 4 heteroatoms. The summed E-state index contributed by atoms with van der Waals surface area (Å²) in [6.07, 6.45) is 3.96. The Morgan fingerprint density at radius 3 is 2.84 bits per heavy atom. The van der Waals surface area contributed by atoms with Crippen molar-refractivity contribution in [3.8, 4) is 17.0 Å². The van der Waals surface area contributed by atoms with Crippen LogP contribution in [0.4, 0.5) is 0 Å². The molecule has 0 atom stereocenters. The molecule has 2 aromatic heterocycles. The smallest absolute Gasteiger partial charge is 0.140 e. The Labute approximate surface area is 116 Å². The van der Waals surface area contributed by atoms with E-state index in [2.05, 4.69) is 4.98 Å². The summed E-state index contributed by atoms with van der Waals surface area (Å²) in [7, 11) is 1.65. The Morgan fingerprint density at radius 2 is 2.11 bits per heavy atom. The third kappa shape index (κ3) is 2.06. The summed E-state index contributed by atoms with van der Waals surface area (Å²) in [5.74, 6) is 0.769. The molecule has 0 aliphatic rings. The van der Waals surface area contributed by atoms with E-state index in [1.807, 2.05) is 54.0 Å². The van der Waals surface area contributed by atoms with Crippen LogP contribution in [0.2, 0.25) is 5.02 Å². The maximum Gasteiger partial charge on any atom is 0.140 e. The number of methoxy groups -OCH3 is 1. The van der Waals surface area contributed by atoms with Gasteiger partial charge in [0.1, 0.15) is 11.4 Å². The molecule has 3 rings (SSSR count). The van der Waals surface area contributed by atoms with Crippen LogP contribution in [0.15, 0.2) is 42.7 Å². The van der Waals surface area contributed by atoms with Crippen molar-refractivity contribution in [1.29, 1.82) is 0 Å². The van der Waals surface area contributed by atoms with Crippen molar-refractivity contribution >= 4 is 17.2 Å². The molecule has 0 fully saturated rings. The van der Waals surface area contributed by atoms with E-state index in [0.29, 0.717) is 5.02 Å². The maximum atomic E-state index is 6.06. The molecule has 0 saturated carbocycles. The van der Waals surface area contributed by atoms with Gasteiger partial charge in [0.05, 0.1) is 12.8 Å². The molecule has 0 unspecified atom stereocenters. The van der Waals surface area contributed by atoms with E-state index in [4.69, 9.17) is 16.3 Å². The second-order valence-electron chi connectivity index (χ2n) is 4.39. The normalized spacial score (nSPS) is 10.9. The topological polar surface area (TPSA) is 26.5 Å². The van der Waals surface area contributed by atoms with Crippen molar-refractivity contribution in [1.82, 2.24) is 9.38 Å². The molecule has 0 radical (unpaired) electrons. The summed E-state index contributed by atoms with van der Waals surface area (Å²) >= 11 is 6.06. The van der Waals surface area contributed by atoms with Gasteiger partial charge in [0.15, 0.2) is 0 Å². The van der Waals surface area contributed by atoms with Gasteiger partial charge in [-0.2, -0.15) is 0 Å². The number of rotatable bonds is 2. The van der Waals surface area contributed by atoms with Crippen LogP contribution in [-0.2, 0) is 0 Å². The largest absolute Gasteiger partial charge is 0.496 e. The first-order valence-corrected chi connectivity index (χ1v) is 6.35. The zero-order valence-corrected chi connectivity index (χ0v) is 11.5. The number of nitrogens with zero attached hydrogens (tertiary/aromatic N) is 2. The first-order valence-electron chi connectivity index (χ1n) is 5.97. The molecule has 0 amide bonds. The molecule has 0 aliphatic heterocycles. The van der Waals surface area contributed by atoms with Gasteiger partial charge in [-0.25, -0.2) is 4.98 Å². The van der Waals surface area contributed by atoms with Gasteiger partial charge in [-0.1, -0.05) is 17.7 Å². The minimum atomic E-state index is 0.671. The lowest BCUT2D eigenvalue weighted by atomic mass is 10.1. The number of aromatic nitrogens is 2.